The van der Waals surface area contributed by atoms with E-state index in [4.69, 9.17) is 10.5 Å². The summed E-state index contributed by atoms with van der Waals surface area (Å²) in [7, 11) is 0. The van der Waals surface area contributed by atoms with Crippen molar-refractivity contribution in [1.29, 1.82) is 10.5 Å². The summed E-state index contributed by atoms with van der Waals surface area (Å²) in [6, 6.07) is 21.0. The molecule has 0 fully saturated rings. The minimum atomic E-state index is -0.285. The molecule has 7 heteroatoms. The van der Waals surface area contributed by atoms with Gasteiger partial charge in [-0.2, -0.15) is 10.5 Å². The van der Waals surface area contributed by atoms with Crippen molar-refractivity contribution in [2.45, 2.75) is 25.9 Å². The number of hydrogen-bond acceptors (Lipinski definition) is 5. The van der Waals surface area contributed by atoms with E-state index in [-0.39, 0.29) is 23.9 Å². The Bertz CT molecular complexity index is 1110. The van der Waals surface area contributed by atoms with Gasteiger partial charge in [0.25, 0.3) is 11.8 Å². The van der Waals surface area contributed by atoms with Crippen LogP contribution in [0, 0.1) is 22.7 Å². The summed E-state index contributed by atoms with van der Waals surface area (Å²) in [6.45, 7) is 3.68. The van der Waals surface area contributed by atoms with Gasteiger partial charge in [-0.1, -0.05) is 24.3 Å². The predicted molar refractivity (Wildman–Crippen MR) is 118 cm³/mol. The summed E-state index contributed by atoms with van der Waals surface area (Å²) in [5.74, 6) is -0.567. The number of carbonyl (C=O) groups is 2. The molecule has 2 N–H and O–H groups in total. The molecular formula is C24H20N4O2S. The summed E-state index contributed by atoms with van der Waals surface area (Å²) in [5, 5.41) is 23.9. The van der Waals surface area contributed by atoms with Crippen molar-refractivity contribution in [2.24, 2.45) is 0 Å². The Hall–Kier alpha value is -3.94. The van der Waals surface area contributed by atoms with Gasteiger partial charge in [0.2, 0.25) is 0 Å². The second kappa shape index (κ2) is 9.71. The molecule has 1 aromatic heterocycles. The first kappa shape index (κ1) is 21.8. The van der Waals surface area contributed by atoms with E-state index >= 15 is 0 Å². The molecule has 2 unspecified atom stereocenters. The highest BCUT2D eigenvalue weighted by Crippen LogP contribution is 2.21. The molecule has 0 saturated heterocycles. The van der Waals surface area contributed by atoms with Crippen LogP contribution in [0.1, 0.15) is 67.5 Å². The van der Waals surface area contributed by atoms with Crippen LogP contribution in [-0.2, 0) is 0 Å². The standard InChI is InChI=1S/C24H20N4O2S/c1-15(19-7-3-5-17(11-19)13-25)27-23(29)21-9-10-22(31-21)24(30)28-16(2)20-8-4-6-18(12-20)14-26/h3-12,15-16H,1-2H3,(H,27,29)(H,28,30). The van der Waals surface area contributed by atoms with Crippen molar-refractivity contribution in [3.63, 3.8) is 0 Å². The van der Waals surface area contributed by atoms with Crippen LogP contribution in [0.3, 0.4) is 0 Å². The maximum absolute atomic E-state index is 12.6. The Balaban J connectivity index is 1.64. The first-order chi connectivity index (χ1) is 14.9. The number of nitrogens with one attached hydrogen (secondary N) is 2. The zero-order valence-electron chi connectivity index (χ0n) is 17.0. The molecule has 6 nitrogen and oxygen atoms in total. The lowest BCUT2D eigenvalue weighted by Gasteiger charge is -2.14. The third kappa shape index (κ3) is 5.36. The second-order valence-electron chi connectivity index (χ2n) is 7.03. The summed E-state index contributed by atoms with van der Waals surface area (Å²) in [5.41, 5.74) is 2.72. The number of rotatable bonds is 6. The molecule has 2 atom stereocenters. The number of hydrogen-bond donors (Lipinski definition) is 2. The number of carbonyl (C=O) groups excluding carboxylic acids is 2. The highest BCUT2D eigenvalue weighted by Gasteiger charge is 2.18. The molecule has 2 amide bonds. The van der Waals surface area contributed by atoms with Crippen molar-refractivity contribution in [3.8, 4) is 12.1 Å². The van der Waals surface area contributed by atoms with Crippen LogP contribution in [0.4, 0.5) is 0 Å². The van der Waals surface area contributed by atoms with Gasteiger partial charge in [-0.25, -0.2) is 0 Å². The molecule has 0 radical (unpaired) electrons. The molecule has 0 saturated carbocycles. The Kier molecular flexibility index (Phi) is 6.81. The largest absolute Gasteiger partial charge is 0.345 e. The van der Waals surface area contributed by atoms with E-state index in [1.807, 2.05) is 26.0 Å². The van der Waals surface area contributed by atoms with Gasteiger partial charge in [0.05, 0.1) is 45.1 Å². The fourth-order valence-corrected chi connectivity index (χ4v) is 3.85. The Morgan fingerprint density at radius 2 is 1.19 bits per heavy atom. The monoisotopic (exact) mass is 428 g/mol. The van der Waals surface area contributed by atoms with Crippen LogP contribution >= 0.6 is 11.3 Å². The third-order valence-corrected chi connectivity index (χ3v) is 5.86. The zero-order valence-corrected chi connectivity index (χ0v) is 17.9. The summed E-state index contributed by atoms with van der Waals surface area (Å²) < 4.78 is 0. The number of thiophene rings is 1. The maximum atomic E-state index is 12.6. The molecule has 3 aromatic rings. The van der Waals surface area contributed by atoms with Crippen LogP contribution in [-0.4, -0.2) is 11.8 Å². The summed E-state index contributed by atoms with van der Waals surface area (Å²) in [6.07, 6.45) is 0. The smallest absolute Gasteiger partial charge is 0.261 e. The van der Waals surface area contributed by atoms with E-state index in [0.717, 1.165) is 22.5 Å². The third-order valence-electron chi connectivity index (χ3n) is 4.78. The molecule has 3 rings (SSSR count). The van der Waals surface area contributed by atoms with E-state index < -0.39 is 0 Å². The first-order valence-corrected chi connectivity index (χ1v) is 10.4. The van der Waals surface area contributed by atoms with Gasteiger partial charge in [-0.3, -0.25) is 9.59 Å². The summed E-state index contributed by atoms with van der Waals surface area (Å²) >= 11 is 1.11. The van der Waals surface area contributed by atoms with E-state index in [0.29, 0.717) is 20.9 Å². The van der Waals surface area contributed by atoms with Crippen molar-refractivity contribution in [1.82, 2.24) is 10.6 Å². The lowest BCUT2D eigenvalue weighted by Crippen LogP contribution is -2.26. The fourth-order valence-electron chi connectivity index (χ4n) is 3.04. The fraction of sp³-hybridized carbons (Fsp3) is 0.167. The van der Waals surface area contributed by atoms with Crippen molar-refractivity contribution < 1.29 is 9.59 Å². The maximum Gasteiger partial charge on any atom is 0.261 e. The van der Waals surface area contributed by atoms with Gasteiger partial charge >= 0.3 is 0 Å². The zero-order chi connectivity index (χ0) is 22.4. The molecule has 2 aromatic carbocycles. The minimum Gasteiger partial charge on any atom is -0.345 e. The van der Waals surface area contributed by atoms with E-state index in [1.165, 1.54) is 0 Å². The van der Waals surface area contributed by atoms with Gasteiger partial charge in [0.15, 0.2) is 0 Å². The van der Waals surface area contributed by atoms with Crippen molar-refractivity contribution >= 4 is 23.2 Å². The van der Waals surface area contributed by atoms with Crippen LogP contribution in [0.25, 0.3) is 0 Å². The van der Waals surface area contributed by atoms with Crippen LogP contribution in [0.15, 0.2) is 60.7 Å². The molecule has 0 spiro atoms. The van der Waals surface area contributed by atoms with Crippen LogP contribution < -0.4 is 10.6 Å². The number of benzene rings is 2. The highest BCUT2D eigenvalue weighted by atomic mass is 32.1. The summed E-state index contributed by atoms with van der Waals surface area (Å²) in [4.78, 5) is 26.1. The van der Waals surface area contributed by atoms with Gasteiger partial charge in [-0.05, 0) is 61.4 Å². The SMILES string of the molecule is CC(NC(=O)c1ccc(C(=O)NC(C)c2cccc(C#N)c2)s1)c1cccc(C#N)c1. The number of nitrogens with zero attached hydrogens (tertiary/aromatic N) is 2. The predicted octanol–water partition coefficient (Wildman–Crippen LogP) is 4.47. The van der Waals surface area contributed by atoms with Gasteiger partial charge < -0.3 is 10.6 Å². The molecule has 0 aliphatic rings. The quantitative estimate of drug-likeness (QED) is 0.604. The van der Waals surface area contributed by atoms with Crippen molar-refractivity contribution in [2.75, 3.05) is 0 Å². The molecular weight excluding hydrogens is 408 g/mol. The van der Waals surface area contributed by atoms with Crippen molar-refractivity contribution in [3.05, 3.63) is 92.7 Å². The van der Waals surface area contributed by atoms with Crippen LogP contribution in [0.5, 0.6) is 0 Å². The topological polar surface area (TPSA) is 106 Å². The Morgan fingerprint density at radius 1 is 0.774 bits per heavy atom. The highest BCUT2D eigenvalue weighted by molar-refractivity contribution is 7.15. The van der Waals surface area contributed by atoms with Gasteiger partial charge in [-0.15, -0.1) is 11.3 Å². The molecule has 0 bridgehead atoms. The number of nitriles is 2. The minimum absolute atomic E-state index is 0.284. The van der Waals surface area contributed by atoms with E-state index in [9.17, 15) is 9.59 Å². The second-order valence-corrected chi connectivity index (χ2v) is 8.11. The van der Waals surface area contributed by atoms with Gasteiger partial charge in [0.1, 0.15) is 0 Å². The normalized spacial score (nSPS) is 12.1. The van der Waals surface area contributed by atoms with Crippen LogP contribution in [0.2, 0.25) is 0 Å². The average Bonchev–Trinajstić information content (AvgIpc) is 3.29. The number of amides is 2. The molecule has 0 aliphatic heterocycles. The molecule has 31 heavy (non-hydrogen) atoms. The average molecular weight is 429 g/mol. The first-order valence-electron chi connectivity index (χ1n) is 9.63. The lowest BCUT2D eigenvalue weighted by atomic mass is 10.1. The molecule has 154 valence electrons. The Morgan fingerprint density at radius 3 is 1.58 bits per heavy atom. The molecule has 0 aliphatic carbocycles. The van der Waals surface area contributed by atoms with E-state index in [2.05, 4.69) is 22.8 Å². The van der Waals surface area contributed by atoms with E-state index in [1.54, 1.807) is 48.5 Å². The Labute approximate surface area is 184 Å². The van der Waals surface area contributed by atoms with Gasteiger partial charge in [0, 0.05) is 0 Å². The molecule has 1 heterocycles. The lowest BCUT2D eigenvalue weighted by molar-refractivity contribution is 0.0937.